The van der Waals surface area contributed by atoms with Gasteiger partial charge in [0.05, 0.1) is 10.6 Å². The Kier molecular flexibility index (Phi) is 7.85. The average Bonchev–Trinajstić information content (AvgIpc) is 3.29. The van der Waals surface area contributed by atoms with Crippen molar-refractivity contribution < 1.29 is 14.4 Å². The standard InChI is InChI=1S/C21H21N5O3S2/c1-2-3-5-13-7-9-14(10-8-13)23-16(27)12-31-21-25-18(22)17(20(29)26-21)24-19(28)15-6-4-11-30-15/h4,6-11H,2-3,5,12H2,1H3,(H,23,27)(H2,22,25,26,29). The minimum atomic E-state index is -0.699. The Morgan fingerprint density at radius 1 is 1.26 bits per heavy atom. The van der Waals surface area contributed by atoms with Crippen LogP contribution in [-0.4, -0.2) is 40.2 Å². The number of carbonyl (C=O) groups is 3. The Bertz CT molecular complexity index is 1040. The van der Waals surface area contributed by atoms with Gasteiger partial charge in [0.2, 0.25) is 5.91 Å². The molecule has 8 nitrogen and oxygen atoms in total. The summed E-state index contributed by atoms with van der Waals surface area (Å²) in [4.78, 5) is 44.5. The number of aliphatic imine (C=N–C) groups is 2. The number of amidine groups is 2. The summed E-state index contributed by atoms with van der Waals surface area (Å²) in [5, 5.41) is 15.0. The highest BCUT2D eigenvalue weighted by molar-refractivity contribution is 8.14. The highest BCUT2D eigenvalue weighted by Crippen LogP contribution is 2.14. The summed E-state index contributed by atoms with van der Waals surface area (Å²) < 4.78 is 0. The first-order chi connectivity index (χ1) is 15.0. The molecule has 0 atom stereocenters. The van der Waals surface area contributed by atoms with Gasteiger partial charge in [-0.2, -0.15) is 4.99 Å². The molecule has 31 heavy (non-hydrogen) atoms. The van der Waals surface area contributed by atoms with E-state index in [0.717, 1.165) is 31.0 Å². The number of thioether (sulfide) groups is 1. The summed E-state index contributed by atoms with van der Waals surface area (Å²) in [5.41, 5.74) is 1.56. The molecule has 0 saturated carbocycles. The maximum atomic E-state index is 12.2. The molecule has 0 radical (unpaired) electrons. The van der Waals surface area contributed by atoms with E-state index in [4.69, 9.17) is 5.41 Å². The molecule has 1 aromatic carbocycles. The van der Waals surface area contributed by atoms with E-state index in [0.29, 0.717) is 10.6 Å². The minimum absolute atomic E-state index is 0.00455. The molecule has 0 spiro atoms. The smallest absolute Gasteiger partial charge is 0.287 e. The fourth-order valence-corrected chi connectivity index (χ4v) is 3.91. The number of carbonyl (C=O) groups excluding carboxylic acids is 3. The fourth-order valence-electron chi connectivity index (χ4n) is 2.64. The molecule has 0 bridgehead atoms. The van der Waals surface area contributed by atoms with Crippen LogP contribution in [0.4, 0.5) is 5.69 Å². The van der Waals surface area contributed by atoms with E-state index >= 15 is 0 Å². The monoisotopic (exact) mass is 455 g/mol. The number of aryl methyl sites for hydroxylation is 1. The second-order valence-corrected chi connectivity index (χ2v) is 8.51. The summed E-state index contributed by atoms with van der Waals surface area (Å²) in [6.45, 7) is 2.14. The number of nitrogens with zero attached hydrogens (tertiary/aromatic N) is 2. The number of anilines is 1. The predicted molar refractivity (Wildman–Crippen MR) is 126 cm³/mol. The van der Waals surface area contributed by atoms with Gasteiger partial charge in [-0.05, 0) is 42.0 Å². The minimum Gasteiger partial charge on any atom is -0.325 e. The molecule has 2 heterocycles. The molecular weight excluding hydrogens is 434 g/mol. The van der Waals surface area contributed by atoms with Crippen molar-refractivity contribution >= 4 is 63.2 Å². The second-order valence-electron chi connectivity index (χ2n) is 6.60. The second kappa shape index (κ2) is 10.8. The lowest BCUT2D eigenvalue weighted by Crippen LogP contribution is -2.43. The van der Waals surface area contributed by atoms with E-state index in [-0.39, 0.29) is 22.5 Å². The zero-order chi connectivity index (χ0) is 22.2. The third-order valence-electron chi connectivity index (χ3n) is 4.22. The first-order valence-corrected chi connectivity index (χ1v) is 11.5. The third kappa shape index (κ3) is 6.43. The Hall–Kier alpha value is -3.11. The van der Waals surface area contributed by atoms with Crippen molar-refractivity contribution in [3.63, 3.8) is 0 Å². The zero-order valence-electron chi connectivity index (χ0n) is 16.8. The fraction of sp³-hybridized carbons (Fsp3) is 0.238. The number of amides is 3. The number of unbranched alkanes of at least 4 members (excludes halogenated alkanes) is 1. The molecule has 0 saturated heterocycles. The van der Waals surface area contributed by atoms with Gasteiger partial charge in [-0.1, -0.05) is 43.3 Å². The van der Waals surface area contributed by atoms with Crippen LogP contribution in [-0.2, 0) is 16.0 Å². The Balaban J connectivity index is 1.53. The number of thiophene rings is 1. The summed E-state index contributed by atoms with van der Waals surface area (Å²) in [7, 11) is 0. The molecule has 3 N–H and O–H groups in total. The largest absolute Gasteiger partial charge is 0.325 e. The van der Waals surface area contributed by atoms with Crippen LogP contribution in [0, 0.1) is 5.41 Å². The van der Waals surface area contributed by atoms with Gasteiger partial charge in [0.25, 0.3) is 11.8 Å². The van der Waals surface area contributed by atoms with Gasteiger partial charge in [-0.3, -0.25) is 25.1 Å². The molecule has 3 amide bonds. The van der Waals surface area contributed by atoms with E-state index in [2.05, 4.69) is 27.5 Å². The van der Waals surface area contributed by atoms with Gasteiger partial charge in [0.15, 0.2) is 16.7 Å². The predicted octanol–water partition coefficient (Wildman–Crippen LogP) is 3.51. The summed E-state index contributed by atoms with van der Waals surface area (Å²) in [6.07, 6.45) is 3.27. The molecule has 3 rings (SSSR count). The lowest BCUT2D eigenvalue weighted by Gasteiger charge is -2.14. The Morgan fingerprint density at radius 2 is 2.03 bits per heavy atom. The Labute approximate surface area is 187 Å². The number of rotatable bonds is 7. The van der Waals surface area contributed by atoms with Crippen molar-refractivity contribution in [3.8, 4) is 0 Å². The molecule has 1 aromatic heterocycles. The van der Waals surface area contributed by atoms with Crippen molar-refractivity contribution in [1.82, 2.24) is 5.32 Å². The van der Waals surface area contributed by atoms with E-state index in [9.17, 15) is 14.4 Å². The zero-order valence-corrected chi connectivity index (χ0v) is 18.4. The van der Waals surface area contributed by atoms with E-state index < -0.39 is 17.6 Å². The van der Waals surface area contributed by atoms with Gasteiger partial charge < -0.3 is 5.32 Å². The molecule has 0 unspecified atom stereocenters. The first-order valence-electron chi connectivity index (χ1n) is 9.63. The highest BCUT2D eigenvalue weighted by atomic mass is 32.2. The van der Waals surface area contributed by atoms with Crippen molar-refractivity contribution in [3.05, 3.63) is 52.2 Å². The number of hydrogen-bond acceptors (Lipinski definition) is 6. The van der Waals surface area contributed by atoms with Gasteiger partial charge in [0, 0.05) is 5.69 Å². The number of benzene rings is 1. The van der Waals surface area contributed by atoms with Crippen LogP contribution in [0.5, 0.6) is 0 Å². The average molecular weight is 456 g/mol. The molecule has 160 valence electrons. The quantitative estimate of drug-likeness (QED) is 0.591. The van der Waals surface area contributed by atoms with Crippen molar-refractivity contribution in [2.24, 2.45) is 9.98 Å². The maximum absolute atomic E-state index is 12.2. The normalized spacial score (nSPS) is 14.9. The van der Waals surface area contributed by atoms with Crippen LogP contribution < -0.4 is 10.6 Å². The number of nitrogens with one attached hydrogen (secondary N) is 3. The van der Waals surface area contributed by atoms with E-state index in [1.54, 1.807) is 17.5 Å². The van der Waals surface area contributed by atoms with Crippen LogP contribution in [0.1, 0.15) is 35.0 Å². The first kappa shape index (κ1) is 22.6. The van der Waals surface area contributed by atoms with E-state index in [1.165, 1.54) is 16.9 Å². The van der Waals surface area contributed by atoms with Crippen molar-refractivity contribution in [1.29, 1.82) is 5.41 Å². The van der Waals surface area contributed by atoms with Gasteiger partial charge in [-0.15, -0.1) is 11.3 Å². The van der Waals surface area contributed by atoms with Crippen LogP contribution in [0.25, 0.3) is 0 Å². The third-order valence-corrected chi connectivity index (χ3v) is 5.95. The number of hydrogen-bond donors (Lipinski definition) is 3. The van der Waals surface area contributed by atoms with Gasteiger partial charge in [-0.25, -0.2) is 4.99 Å². The van der Waals surface area contributed by atoms with Crippen LogP contribution >= 0.6 is 23.1 Å². The summed E-state index contributed by atoms with van der Waals surface area (Å²) in [6, 6.07) is 11.0. The van der Waals surface area contributed by atoms with E-state index in [1.807, 2.05) is 24.3 Å². The van der Waals surface area contributed by atoms with Crippen molar-refractivity contribution in [2.45, 2.75) is 26.2 Å². The lowest BCUT2D eigenvalue weighted by molar-refractivity contribution is -0.114. The van der Waals surface area contributed by atoms with Crippen LogP contribution in [0.3, 0.4) is 0 Å². The molecule has 2 aromatic rings. The molecule has 1 aliphatic heterocycles. The molecular formula is C21H21N5O3S2. The van der Waals surface area contributed by atoms with Gasteiger partial charge >= 0.3 is 0 Å². The maximum Gasteiger partial charge on any atom is 0.287 e. The van der Waals surface area contributed by atoms with Gasteiger partial charge in [0.1, 0.15) is 0 Å². The van der Waals surface area contributed by atoms with Crippen molar-refractivity contribution in [2.75, 3.05) is 11.1 Å². The lowest BCUT2D eigenvalue weighted by atomic mass is 10.1. The highest BCUT2D eigenvalue weighted by Gasteiger charge is 2.26. The molecule has 10 heteroatoms. The molecule has 1 aliphatic rings. The molecule has 0 aliphatic carbocycles. The van der Waals surface area contributed by atoms with Crippen LogP contribution in [0.15, 0.2) is 51.8 Å². The topological polar surface area (TPSA) is 124 Å². The Morgan fingerprint density at radius 3 is 2.68 bits per heavy atom. The van der Waals surface area contributed by atoms with Crippen LogP contribution in [0.2, 0.25) is 0 Å². The molecule has 0 fully saturated rings. The summed E-state index contributed by atoms with van der Waals surface area (Å²) in [5.74, 6) is -1.97. The summed E-state index contributed by atoms with van der Waals surface area (Å²) >= 11 is 2.19. The SMILES string of the molecule is CCCCc1ccc(NC(=O)CSC2=NC(=N)C(=NC(=O)c3cccs3)C(=O)N2)cc1.